The Morgan fingerprint density at radius 1 is 0.966 bits per heavy atom. The molecule has 2 aromatic carbocycles. The van der Waals surface area contributed by atoms with E-state index in [2.05, 4.69) is 52.9 Å². The summed E-state index contributed by atoms with van der Waals surface area (Å²) in [5, 5.41) is 3.09. The van der Waals surface area contributed by atoms with E-state index in [0.717, 1.165) is 42.3 Å². The first kappa shape index (κ1) is 19.3. The zero-order valence-electron chi connectivity index (χ0n) is 17.5. The lowest BCUT2D eigenvalue weighted by Gasteiger charge is -2.20. The van der Waals surface area contributed by atoms with Crippen molar-refractivity contribution in [3.63, 3.8) is 0 Å². The SMILES string of the molecule is Cc1cc(NC(=O)c2cc(C)n(Cc3ccccc3)c2C)ccc1N1CCCC1. The molecule has 2 heterocycles. The van der Waals surface area contributed by atoms with Crippen LogP contribution >= 0.6 is 0 Å². The van der Waals surface area contributed by atoms with Crippen LogP contribution in [-0.2, 0) is 6.54 Å². The lowest BCUT2D eigenvalue weighted by atomic mass is 10.1. The van der Waals surface area contributed by atoms with E-state index in [-0.39, 0.29) is 5.91 Å². The number of hydrogen-bond acceptors (Lipinski definition) is 2. The van der Waals surface area contributed by atoms with Crippen LogP contribution in [0.1, 0.15) is 45.7 Å². The Kier molecular flexibility index (Phi) is 5.43. The maximum atomic E-state index is 13.0. The largest absolute Gasteiger partial charge is 0.371 e. The summed E-state index contributed by atoms with van der Waals surface area (Å²) in [4.78, 5) is 15.4. The van der Waals surface area contributed by atoms with Crippen LogP contribution in [0.25, 0.3) is 0 Å². The number of rotatable bonds is 5. The molecule has 0 atom stereocenters. The van der Waals surface area contributed by atoms with Crippen molar-refractivity contribution in [2.45, 2.75) is 40.2 Å². The minimum atomic E-state index is -0.0502. The number of carbonyl (C=O) groups is 1. The average molecular weight is 388 g/mol. The first-order chi connectivity index (χ1) is 14.0. The molecule has 0 unspecified atom stereocenters. The van der Waals surface area contributed by atoms with Crippen molar-refractivity contribution in [1.82, 2.24) is 4.57 Å². The fourth-order valence-corrected chi connectivity index (χ4v) is 4.28. The van der Waals surface area contributed by atoms with Gasteiger partial charge in [-0.1, -0.05) is 30.3 Å². The Morgan fingerprint density at radius 3 is 2.38 bits per heavy atom. The van der Waals surface area contributed by atoms with Crippen molar-refractivity contribution in [1.29, 1.82) is 0 Å². The molecule has 4 heteroatoms. The van der Waals surface area contributed by atoms with E-state index in [1.807, 2.05) is 37.3 Å². The minimum absolute atomic E-state index is 0.0502. The number of nitrogens with zero attached hydrogens (tertiary/aromatic N) is 2. The van der Waals surface area contributed by atoms with Gasteiger partial charge in [0.15, 0.2) is 0 Å². The summed E-state index contributed by atoms with van der Waals surface area (Å²) in [7, 11) is 0. The van der Waals surface area contributed by atoms with Gasteiger partial charge in [0.05, 0.1) is 5.56 Å². The highest BCUT2D eigenvalue weighted by Gasteiger charge is 2.18. The zero-order chi connectivity index (χ0) is 20.4. The number of amides is 1. The van der Waals surface area contributed by atoms with Gasteiger partial charge in [-0.2, -0.15) is 0 Å². The van der Waals surface area contributed by atoms with Crippen molar-refractivity contribution >= 4 is 17.3 Å². The maximum Gasteiger partial charge on any atom is 0.257 e. The highest BCUT2D eigenvalue weighted by atomic mass is 16.1. The summed E-state index contributed by atoms with van der Waals surface area (Å²) >= 11 is 0. The third kappa shape index (κ3) is 4.07. The molecule has 1 N–H and O–H groups in total. The van der Waals surface area contributed by atoms with Crippen LogP contribution in [-0.4, -0.2) is 23.6 Å². The van der Waals surface area contributed by atoms with Gasteiger partial charge >= 0.3 is 0 Å². The van der Waals surface area contributed by atoms with Gasteiger partial charge in [-0.05, 0) is 69.0 Å². The second-order valence-corrected chi connectivity index (χ2v) is 8.01. The van der Waals surface area contributed by atoms with Gasteiger partial charge in [-0.3, -0.25) is 4.79 Å². The fraction of sp³-hybridized carbons (Fsp3) is 0.320. The van der Waals surface area contributed by atoms with Crippen molar-refractivity contribution in [2.24, 2.45) is 0 Å². The second kappa shape index (κ2) is 8.16. The van der Waals surface area contributed by atoms with Crippen molar-refractivity contribution in [3.05, 3.63) is 82.7 Å². The van der Waals surface area contributed by atoms with E-state index in [1.54, 1.807) is 0 Å². The molecule has 3 aromatic rings. The Morgan fingerprint density at radius 2 is 1.69 bits per heavy atom. The topological polar surface area (TPSA) is 37.3 Å². The van der Waals surface area contributed by atoms with Gasteiger partial charge in [0.25, 0.3) is 5.91 Å². The highest BCUT2D eigenvalue weighted by Crippen LogP contribution is 2.27. The van der Waals surface area contributed by atoms with Crippen molar-refractivity contribution in [3.8, 4) is 0 Å². The maximum absolute atomic E-state index is 13.0. The molecule has 4 nitrogen and oxygen atoms in total. The molecule has 0 aliphatic carbocycles. The smallest absolute Gasteiger partial charge is 0.257 e. The van der Waals surface area contributed by atoms with E-state index in [9.17, 15) is 4.79 Å². The number of benzene rings is 2. The molecule has 150 valence electrons. The molecule has 1 amide bonds. The van der Waals surface area contributed by atoms with Crippen LogP contribution in [0.3, 0.4) is 0 Å². The van der Waals surface area contributed by atoms with Crippen LogP contribution in [0.15, 0.2) is 54.6 Å². The average Bonchev–Trinajstić information content (AvgIpc) is 3.33. The minimum Gasteiger partial charge on any atom is -0.371 e. The Bertz CT molecular complexity index is 1010. The summed E-state index contributed by atoms with van der Waals surface area (Å²) in [6.07, 6.45) is 2.52. The molecule has 1 aromatic heterocycles. The first-order valence-corrected chi connectivity index (χ1v) is 10.4. The predicted molar refractivity (Wildman–Crippen MR) is 120 cm³/mol. The van der Waals surface area contributed by atoms with Crippen LogP contribution in [0.2, 0.25) is 0 Å². The van der Waals surface area contributed by atoms with Gasteiger partial charge in [-0.15, -0.1) is 0 Å². The second-order valence-electron chi connectivity index (χ2n) is 8.01. The molecule has 29 heavy (non-hydrogen) atoms. The molecule has 1 aliphatic rings. The van der Waals surface area contributed by atoms with Crippen molar-refractivity contribution in [2.75, 3.05) is 23.3 Å². The van der Waals surface area contributed by atoms with Gasteiger partial charge in [-0.25, -0.2) is 0 Å². The van der Waals surface area contributed by atoms with E-state index in [1.165, 1.54) is 29.7 Å². The molecule has 1 fully saturated rings. The molecule has 0 saturated carbocycles. The fourth-order valence-electron chi connectivity index (χ4n) is 4.28. The number of aryl methyl sites for hydroxylation is 2. The summed E-state index contributed by atoms with van der Waals surface area (Å²) in [6.45, 7) is 9.22. The van der Waals surface area contributed by atoms with E-state index < -0.39 is 0 Å². The summed E-state index contributed by atoms with van der Waals surface area (Å²) in [5.74, 6) is -0.0502. The molecular formula is C25H29N3O. The van der Waals surface area contributed by atoms with E-state index in [0.29, 0.717) is 0 Å². The molecule has 0 spiro atoms. The normalized spacial score (nSPS) is 13.7. The number of aromatic nitrogens is 1. The Balaban J connectivity index is 1.51. The summed E-state index contributed by atoms with van der Waals surface area (Å²) < 4.78 is 2.20. The molecule has 1 aliphatic heterocycles. The lowest BCUT2D eigenvalue weighted by molar-refractivity contribution is 0.102. The van der Waals surface area contributed by atoms with E-state index in [4.69, 9.17) is 0 Å². The first-order valence-electron chi connectivity index (χ1n) is 10.4. The van der Waals surface area contributed by atoms with Crippen LogP contribution < -0.4 is 10.2 Å². The van der Waals surface area contributed by atoms with Gasteiger partial charge in [0, 0.05) is 42.4 Å². The third-order valence-electron chi connectivity index (χ3n) is 5.90. The predicted octanol–water partition coefficient (Wildman–Crippen LogP) is 5.31. The third-order valence-corrected chi connectivity index (χ3v) is 5.90. The number of anilines is 2. The summed E-state index contributed by atoms with van der Waals surface area (Å²) in [5.41, 5.74) is 7.39. The molecular weight excluding hydrogens is 358 g/mol. The van der Waals surface area contributed by atoms with Crippen LogP contribution in [0, 0.1) is 20.8 Å². The van der Waals surface area contributed by atoms with Gasteiger partial charge in [0.1, 0.15) is 0 Å². The van der Waals surface area contributed by atoms with Crippen molar-refractivity contribution < 1.29 is 4.79 Å². The highest BCUT2D eigenvalue weighted by molar-refractivity contribution is 6.05. The van der Waals surface area contributed by atoms with Gasteiger partial charge in [0.2, 0.25) is 0 Å². The molecule has 4 rings (SSSR count). The Labute approximate surface area is 173 Å². The Hall–Kier alpha value is -3.01. The monoisotopic (exact) mass is 387 g/mol. The standard InChI is InChI=1S/C25H29N3O/c1-18-15-22(11-12-24(18)27-13-7-8-14-27)26-25(29)23-16-19(2)28(20(23)3)17-21-9-5-4-6-10-21/h4-6,9-12,15-16H,7-8,13-14,17H2,1-3H3,(H,26,29). The quantitative estimate of drug-likeness (QED) is 0.644. The van der Waals surface area contributed by atoms with Gasteiger partial charge < -0.3 is 14.8 Å². The molecule has 0 radical (unpaired) electrons. The van der Waals surface area contributed by atoms with E-state index >= 15 is 0 Å². The number of nitrogens with one attached hydrogen (secondary N) is 1. The van der Waals surface area contributed by atoms with Crippen LogP contribution in [0.5, 0.6) is 0 Å². The summed E-state index contributed by atoms with van der Waals surface area (Å²) in [6, 6.07) is 18.6. The lowest BCUT2D eigenvalue weighted by Crippen LogP contribution is -2.19. The zero-order valence-corrected chi connectivity index (χ0v) is 17.5. The number of hydrogen-bond donors (Lipinski definition) is 1. The van der Waals surface area contributed by atoms with Crippen LogP contribution in [0.4, 0.5) is 11.4 Å². The molecule has 0 bridgehead atoms. The number of carbonyl (C=O) groups excluding carboxylic acids is 1. The molecule has 1 saturated heterocycles.